The Morgan fingerprint density at radius 3 is 2.86 bits per heavy atom. The van der Waals surface area contributed by atoms with E-state index in [9.17, 15) is 19.3 Å². The van der Waals surface area contributed by atoms with Gasteiger partial charge in [-0.15, -0.1) is 0 Å². The van der Waals surface area contributed by atoms with E-state index in [-0.39, 0.29) is 11.3 Å². The summed E-state index contributed by atoms with van der Waals surface area (Å²) in [5.41, 5.74) is -0.493. The molecule has 2 rings (SSSR count). The summed E-state index contributed by atoms with van der Waals surface area (Å²) in [4.78, 5) is 24.4. The lowest BCUT2D eigenvalue weighted by molar-refractivity contribution is -0.385. The van der Waals surface area contributed by atoms with Crippen LogP contribution in [0.15, 0.2) is 18.2 Å². The minimum absolute atomic E-state index is 0.157. The number of hydrogen-bond donors (Lipinski definition) is 0. The summed E-state index contributed by atoms with van der Waals surface area (Å²) >= 11 is 0. The molecule has 0 bridgehead atoms. The van der Waals surface area contributed by atoms with Crippen LogP contribution < -0.4 is 0 Å². The van der Waals surface area contributed by atoms with Crippen LogP contribution in [-0.4, -0.2) is 28.8 Å². The Morgan fingerprint density at radius 2 is 2.19 bits per heavy atom. The second-order valence-electron chi connectivity index (χ2n) is 5.42. The maximum absolute atomic E-state index is 13.3. The average Bonchev–Trinajstić information content (AvgIpc) is 2.71. The highest BCUT2D eigenvalue weighted by atomic mass is 19.1. The van der Waals surface area contributed by atoms with Gasteiger partial charge in [-0.1, -0.05) is 13.3 Å². The third-order valence-electron chi connectivity index (χ3n) is 4.10. The van der Waals surface area contributed by atoms with Gasteiger partial charge < -0.3 is 4.90 Å². The first-order valence-electron chi connectivity index (χ1n) is 7.26. The molecule has 1 amide bonds. The predicted molar refractivity (Wildman–Crippen MR) is 76.6 cm³/mol. The molecule has 1 fully saturated rings. The number of carbonyl (C=O) groups is 1. The summed E-state index contributed by atoms with van der Waals surface area (Å²) in [6.45, 7) is 3.27. The van der Waals surface area contributed by atoms with Crippen LogP contribution in [0, 0.1) is 21.8 Å². The lowest BCUT2D eigenvalue weighted by Gasteiger charge is -2.20. The third kappa shape index (κ3) is 3.56. The Hall–Kier alpha value is -1.98. The molecule has 1 aromatic carbocycles. The molecule has 0 spiro atoms. The number of nitro benzene ring substituents is 1. The monoisotopic (exact) mass is 294 g/mol. The number of rotatable bonds is 3. The molecule has 21 heavy (non-hydrogen) atoms. The molecule has 1 unspecified atom stereocenters. The highest BCUT2D eigenvalue weighted by Crippen LogP contribution is 2.25. The Bertz CT molecular complexity index is 548. The lowest BCUT2D eigenvalue weighted by Crippen LogP contribution is -2.32. The molecule has 0 aliphatic carbocycles. The Balaban J connectivity index is 2.23. The maximum Gasteiger partial charge on any atom is 0.282 e. The van der Waals surface area contributed by atoms with Gasteiger partial charge in [0, 0.05) is 19.2 Å². The van der Waals surface area contributed by atoms with E-state index in [1.54, 1.807) is 4.90 Å². The number of likely N-dealkylation sites (tertiary alicyclic amines) is 1. The van der Waals surface area contributed by atoms with E-state index in [1.165, 1.54) is 0 Å². The standard InChI is InChI=1S/C15H19FN2O3/c1-2-11-4-3-8-17(9-7-11)15(19)13-10-12(16)5-6-14(13)18(20)21/h5-6,10-11H,2-4,7-9H2,1H3. The van der Waals surface area contributed by atoms with Gasteiger partial charge in [0.15, 0.2) is 0 Å². The molecule has 5 nitrogen and oxygen atoms in total. The van der Waals surface area contributed by atoms with E-state index >= 15 is 0 Å². The molecule has 1 aliphatic rings. The van der Waals surface area contributed by atoms with Crippen molar-refractivity contribution in [2.45, 2.75) is 32.6 Å². The number of hydrogen-bond acceptors (Lipinski definition) is 3. The van der Waals surface area contributed by atoms with Gasteiger partial charge in [-0.25, -0.2) is 4.39 Å². The molecule has 0 radical (unpaired) electrons. The molecule has 114 valence electrons. The summed E-state index contributed by atoms with van der Waals surface area (Å²) in [6, 6.07) is 3.02. The number of carbonyl (C=O) groups excluding carboxylic acids is 1. The molecule has 0 N–H and O–H groups in total. The summed E-state index contributed by atoms with van der Waals surface area (Å²) in [6.07, 6.45) is 3.91. The molecule has 1 heterocycles. The zero-order valence-corrected chi connectivity index (χ0v) is 12.0. The average molecular weight is 294 g/mol. The number of nitro groups is 1. The van der Waals surface area contributed by atoms with E-state index in [1.807, 2.05) is 0 Å². The fourth-order valence-corrected chi connectivity index (χ4v) is 2.79. The first-order valence-corrected chi connectivity index (χ1v) is 7.26. The van der Waals surface area contributed by atoms with Crippen LogP contribution in [0.25, 0.3) is 0 Å². The van der Waals surface area contributed by atoms with Crippen LogP contribution >= 0.6 is 0 Å². The molecule has 1 aliphatic heterocycles. The van der Waals surface area contributed by atoms with Crippen molar-refractivity contribution in [2.24, 2.45) is 5.92 Å². The quantitative estimate of drug-likeness (QED) is 0.634. The first kappa shape index (κ1) is 15.4. The van der Waals surface area contributed by atoms with Crippen molar-refractivity contribution in [3.8, 4) is 0 Å². The van der Waals surface area contributed by atoms with Crippen molar-refractivity contribution in [1.29, 1.82) is 0 Å². The van der Waals surface area contributed by atoms with Crippen molar-refractivity contribution in [3.05, 3.63) is 39.7 Å². The Kier molecular flexibility index (Phi) is 4.88. The van der Waals surface area contributed by atoms with Gasteiger partial charge in [-0.3, -0.25) is 14.9 Å². The second kappa shape index (κ2) is 6.65. The van der Waals surface area contributed by atoms with Crippen LogP contribution in [0.2, 0.25) is 0 Å². The summed E-state index contributed by atoms with van der Waals surface area (Å²) in [5.74, 6) is -0.492. The maximum atomic E-state index is 13.3. The van der Waals surface area contributed by atoms with Crippen molar-refractivity contribution < 1.29 is 14.1 Å². The minimum atomic E-state index is -0.640. The van der Waals surface area contributed by atoms with Gasteiger partial charge in [0.2, 0.25) is 0 Å². The number of amides is 1. The van der Waals surface area contributed by atoms with Gasteiger partial charge in [0.25, 0.3) is 11.6 Å². The minimum Gasteiger partial charge on any atom is -0.338 e. The number of nitrogens with zero attached hydrogens (tertiary/aromatic N) is 2. The Morgan fingerprint density at radius 1 is 1.43 bits per heavy atom. The molecule has 1 atom stereocenters. The summed E-state index contributed by atoms with van der Waals surface area (Å²) in [5, 5.41) is 11.0. The van der Waals surface area contributed by atoms with E-state index < -0.39 is 16.6 Å². The van der Waals surface area contributed by atoms with Crippen molar-refractivity contribution in [1.82, 2.24) is 4.90 Å². The molecule has 0 saturated carbocycles. The third-order valence-corrected chi connectivity index (χ3v) is 4.10. The van der Waals surface area contributed by atoms with Crippen molar-refractivity contribution in [3.63, 3.8) is 0 Å². The number of halogens is 1. The normalized spacial score (nSPS) is 19.1. The highest BCUT2D eigenvalue weighted by molar-refractivity contribution is 5.98. The van der Waals surface area contributed by atoms with E-state index in [0.717, 1.165) is 43.9 Å². The fraction of sp³-hybridized carbons (Fsp3) is 0.533. The van der Waals surface area contributed by atoms with Crippen LogP contribution in [0.3, 0.4) is 0 Å². The Labute approximate surface area is 122 Å². The topological polar surface area (TPSA) is 63.5 Å². The van der Waals surface area contributed by atoms with Gasteiger partial charge in [0.05, 0.1) is 4.92 Å². The fourth-order valence-electron chi connectivity index (χ4n) is 2.79. The summed E-state index contributed by atoms with van der Waals surface area (Å²) in [7, 11) is 0. The van der Waals surface area contributed by atoms with E-state index in [2.05, 4.69) is 6.92 Å². The molecule has 0 aromatic heterocycles. The van der Waals surface area contributed by atoms with Crippen LogP contribution in [0.1, 0.15) is 43.0 Å². The molecule has 6 heteroatoms. The molecule has 1 saturated heterocycles. The van der Waals surface area contributed by atoms with Crippen molar-refractivity contribution in [2.75, 3.05) is 13.1 Å². The SMILES string of the molecule is CCC1CCCN(C(=O)c2cc(F)ccc2[N+](=O)[O-])CC1. The predicted octanol–water partition coefficient (Wildman–Crippen LogP) is 3.39. The molecule has 1 aromatic rings. The van der Waals surface area contributed by atoms with Gasteiger partial charge in [0.1, 0.15) is 11.4 Å². The molecular weight excluding hydrogens is 275 g/mol. The van der Waals surface area contributed by atoms with Gasteiger partial charge >= 0.3 is 0 Å². The zero-order chi connectivity index (χ0) is 15.4. The zero-order valence-electron chi connectivity index (χ0n) is 12.0. The molecular formula is C15H19FN2O3. The van der Waals surface area contributed by atoms with Gasteiger partial charge in [-0.2, -0.15) is 0 Å². The van der Waals surface area contributed by atoms with Crippen LogP contribution in [0.5, 0.6) is 0 Å². The van der Waals surface area contributed by atoms with E-state index in [4.69, 9.17) is 0 Å². The van der Waals surface area contributed by atoms with E-state index in [0.29, 0.717) is 19.0 Å². The van der Waals surface area contributed by atoms with Crippen LogP contribution in [0.4, 0.5) is 10.1 Å². The van der Waals surface area contributed by atoms with Gasteiger partial charge in [-0.05, 0) is 37.3 Å². The summed E-state index contributed by atoms with van der Waals surface area (Å²) < 4.78 is 13.3. The number of benzene rings is 1. The van der Waals surface area contributed by atoms with Crippen molar-refractivity contribution >= 4 is 11.6 Å². The lowest BCUT2D eigenvalue weighted by atomic mass is 9.98. The first-order chi connectivity index (χ1) is 10.0. The van der Waals surface area contributed by atoms with Crippen LogP contribution in [-0.2, 0) is 0 Å². The largest absolute Gasteiger partial charge is 0.338 e. The second-order valence-corrected chi connectivity index (χ2v) is 5.42. The highest BCUT2D eigenvalue weighted by Gasteiger charge is 2.27. The smallest absolute Gasteiger partial charge is 0.282 e.